The SMILES string of the molecule is COc1cc(/C=C2/SC(=S)N(C(C)c3ccccc3)C2=O)ccc1OC(=O)c1ccc(C)cc1. The van der Waals surface area contributed by atoms with E-state index in [9.17, 15) is 9.59 Å². The topological polar surface area (TPSA) is 55.8 Å². The molecule has 1 unspecified atom stereocenters. The predicted molar refractivity (Wildman–Crippen MR) is 139 cm³/mol. The van der Waals surface area contributed by atoms with Gasteiger partial charge in [-0.25, -0.2) is 4.79 Å². The van der Waals surface area contributed by atoms with Gasteiger partial charge in [-0.15, -0.1) is 0 Å². The van der Waals surface area contributed by atoms with Gasteiger partial charge in [0.15, 0.2) is 11.5 Å². The van der Waals surface area contributed by atoms with Crippen molar-refractivity contribution in [2.45, 2.75) is 19.9 Å². The van der Waals surface area contributed by atoms with Crippen LogP contribution in [0.3, 0.4) is 0 Å². The molecule has 3 aromatic carbocycles. The number of carbonyl (C=O) groups is 2. The number of ether oxygens (including phenoxy) is 2. The molecule has 0 radical (unpaired) electrons. The van der Waals surface area contributed by atoms with Crippen molar-refractivity contribution in [3.63, 3.8) is 0 Å². The van der Waals surface area contributed by atoms with E-state index in [-0.39, 0.29) is 11.9 Å². The van der Waals surface area contributed by atoms with Crippen molar-refractivity contribution in [1.82, 2.24) is 4.90 Å². The number of hydrogen-bond acceptors (Lipinski definition) is 6. The second-order valence-electron chi connectivity index (χ2n) is 7.80. The molecule has 3 aromatic rings. The molecular weight excluding hydrogens is 466 g/mol. The van der Waals surface area contributed by atoms with Crippen LogP contribution in [0.1, 0.15) is 40.0 Å². The van der Waals surface area contributed by atoms with Crippen molar-refractivity contribution >= 4 is 46.3 Å². The molecule has 0 saturated carbocycles. The quantitative estimate of drug-likeness (QED) is 0.178. The van der Waals surface area contributed by atoms with E-state index in [1.54, 1.807) is 41.3 Å². The first kappa shape index (κ1) is 23.7. The maximum Gasteiger partial charge on any atom is 0.343 e. The lowest BCUT2D eigenvalue weighted by atomic mass is 10.1. The Morgan fingerprint density at radius 1 is 1.03 bits per heavy atom. The Labute approximate surface area is 208 Å². The first-order valence-electron chi connectivity index (χ1n) is 10.7. The molecule has 0 aliphatic carbocycles. The van der Waals surface area contributed by atoms with E-state index in [0.717, 1.165) is 16.7 Å². The highest BCUT2D eigenvalue weighted by Crippen LogP contribution is 2.39. The highest BCUT2D eigenvalue weighted by Gasteiger charge is 2.35. The Morgan fingerprint density at radius 2 is 1.74 bits per heavy atom. The van der Waals surface area contributed by atoms with Crippen LogP contribution in [0.15, 0.2) is 77.7 Å². The van der Waals surface area contributed by atoms with Crippen LogP contribution in [-0.4, -0.2) is 28.2 Å². The summed E-state index contributed by atoms with van der Waals surface area (Å²) in [5, 5.41) is 0. The minimum atomic E-state index is -0.471. The standard InChI is InChI=1S/C27H23NO4S2/c1-17-9-12-21(13-10-17)26(30)32-22-14-11-19(15-23(22)31-3)16-24-25(29)28(27(33)34-24)18(2)20-7-5-4-6-8-20/h4-16,18H,1-3H3/b24-16+. The van der Waals surface area contributed by atoms with E-state index in [2.05, 4.69) is 0 Å². The Morgan fingerprint density at radius 3 is 2.41 bits per heavy atom. The van der Waals surface area contributed by atoms with Crippen LogP contribution in [0.2, 0.25) is 0 Å². The van der Waals surface area contributed by atoms with Crippen molar-refractivity contribution in [1.29, 1.82) is 0 Å². The molecule has 0 spiro atoms. The zero-order chi connectivity index (χ0) is 24.2. The number of hydrogen-bond donors (Lipinski definition) is 0. The normalized spacial score (nSPS) is 15.5. The van der Waals surface area contributed by atoms with Crippen molar-refractivity contribution in [3.05, 3.63) is 100.0 Å². The molecule has 1 atom stereocenters. The molecule has 0 bridgehead atoms. The molecule has 0 N–H and O–H groups in total. The summed E-state index contributed by atoms with van der Waals surface area (Å²) in [5.41, 5.74) is 3.26. The molecule has 0 aromatic heterocycles. The van der Waals surface area contributed by atoms with Crippen LogP contribution in [-0.2, 0) is 4.79 Å². The predicted octanol–water partition coefficient (Wildman–Crippen LogP) is 6.19. The van der Waals surface area contributed by atoms with Gasteiger partial charge in [-0.2, -0.15) is 0 Å². The number of carbonyl (C=O) groups excluding carboxylic acids is 2. The highest BCUT2D eigenvalue weighted by molar-refractivity contribution is 8.26. The van der Waals surface area contributed by atoms with Crippen LogP contribution in [0.4, 0.5) is 0 Å². The van der Waals surface area contributed by atoms with Crippen LogP contribution >= 0.6 is 24.0 Å². The summed E-state index contributed by atoms with van der Waals surface area (Å²) in [6, 6.07) is 21.9. The fourth-order valence-corrected chi connectivity index (χ4v) is 4.97. The molecule has 1 fully saturated rings. The first-order valence-corrected chi connectivity index (χ1v) is 11.9. The van der Waals surface area contributed by atoms with Gasteiger partial charge in [0.1, 0.15) is 4.32 Å². The summed E-state index contributed by atoms with van der Waals surface area (Å²) >= 11 is 6.77. The third-order valence-electron chi connectivity index (χ3n) is 5.47. The highest BCUT2D eigenvalue weighted by atomic mass is 32.2. The van der Waals surface area contributed by atoms with Crippen molar-refractivity contribution < 1.29 is 19.1 Å². The van der Waals surface area contributed by atoms with Gasteiger partial charge in [0.2, 0.25) is 0 Å². The number of benzene rings is 3. The summed E-state index contributed by atoms with van der Waals surface area (Å²) < 4.78 is 11.5. The number of thioether (sulfide) groups is 1. The minimum Gasteiger partial charge on any atom is -0.493 e. The lowest BCUT2D eigenvalue weighted by Gasteiger charge is -2.23. The van der Waals surface area contributed by atoms with Gasteiger partial charge < -0.3 is 9.47 Å². The van der Waals surface area contributed by atoms with Crippen LogP contribution in [0, 0.1) is 6.92 Å². The van der Waals surface area contributed by atoms with E-state index in [1.807, 2.05) is 56.3 Å². The average Bonchev–Trinajstić information content (AvgIpc) is 3.12. The van der Waals surface area contributed by atoms with E-state index in [0.29, 0.717) is 26.3 Å². The molecule has 1 saturated heterocycles. The Balaban J connectivity index is 1.54. The number of rotatable bonds is 6. The molecule has 34 heavy (non-hydrogen) atoms. The zero-order valence-electron chi connectivity index (χ0n) is 19.0. The molecule has 172 valence electrons. The second-order valence-corrected chi connectivity index (χ2v) is 9.48. The van der Waals surface area contributed by atoms with Crippen molar-refractivity contribution in [2.24, 2.45) is 0 Å². The first-order chi connectivity index (χ1) is 16.4. The second kappa shape index (κ2) is 10.2. The molecule has 4 rings (SSSR count). The third-order valence-corrected chi connectivity index (χ3v) is 6.80. The smallest absolute Gasteiger partial charge is 0.343 e. The number of thiocarbonyl (C=S) groups is 1. The van der Waals surface area contributed by atoms with Gasteiger partial charge in [0, 0.05) is 0 Å². The van der Waals surface area contributed by atoms with Crippen LogP contribution in [0.25, 0.3) is 6.08 Å². The minimum absolute atomic E-state index is 0.139. The molecule has 7 heteroatoms. The third kappa shape index (κ3) is 5.05. The molecule has 1 aliphatic heterocycles. The van der Waals surface area contributed by atoms with E-state index >= 15 is 0 Å². The van der Waals surface area contributed by atoms with Gasteiger partial charge in [0.05, 0.1) is 23.6 Å². The number of esters is 1. The molecule has 1 amide bonds. The summed E-state index contributed by atoms with van der Waals surface area (Å²) in [6.45, 7) is 3.91. The fourth-order valence-electron chi connectivity index (χ4n) is 3.55. The number of nitrogens with zero attached hydrogens (tertiary/aromatic N) is 1. The van der Waals surface area contributed by atoms with Crippen LogP contribution < -0.4 is 9.47 Å². The Bertz CT molecular complexity index is 1270. The Kier molecular flexibility index (Phi) is 7.14. The van der Waals surface area contributed by atoms with E-state index in [4.69, 9.17) is 21.7 Å². The van der Waals surface area contributed by atoms with Crippen molar-refractivity contribution in [3.8, 4) is 11.5 Å². The van der Waals surface area contributed by atoms with Gasteiger partial charge in [0.25, 0.3) is 5.91 Å². The lowest BCUT2D eigenvalue weighted by Crippen LogP contribution is -2.30. The molecule has 1 aliphatic rings. The lowest BCUT2D eigenvalue weighted by molar-refractivity contribution is -0.123. The summed E-state index contributed by atoms with van der Waals surface area (Å²) in [5.74, 6) is 0.0832. The number of aryl methyl sites for hydroxylation is 1. The van der Waals surface area contributed by atoms with Crippen LogP contribution in [0.5, 0.6) is 11.5 Å². The Hall–Kier alpha value is -3.42. The van der Waals surface area contributed by atoms with Crippen molar-refractivity contribution in [2.75, 3.05) is 7.11 Å². The maximum absolute atomic E-state index is 13.1. The van der Waals surface area contributed by atoms with Gasteiger partial charge >= 0.3 is 5.97 Å². The number of amides is 1. The largest absolute Gasteiger partial charge is 0.493 e. The number of methoxy groups -OCH3 is 1. The summed E-state index contributed by atoms with van der Waals surface area (Å²) in [7, 11) is 1.50. The van der Waals surface area contributed by atoms with Gasteiger partial charge in [-0.1, -0.05) is 78.1 Å². The van der Waals surface area contributed by atoms with Gasteiger partial charge in [-0.3, -0.25) is 9.69 Å². The molecule has 1 heterocycles. The zero-order valence-corrected chi connectivity index (χ0v) is 20.6. The average molecular weight is 490 g/mol. The maximum atomic E-state index is 13.1. The summed E-state index contributed by atoms with van der Waals surface area (Å²) in [4.78, 5) is 27.8. The van der Waals surface area contributed by atoms with E-state index < -0.39 is 5.97 Å². The monoisotopic (exact) mass is 489 g/mol. The fraction of sp³-hybridized carbons (Fsp3) is 0.148. The summed E-state index contributed by atoms with van der Waals surface area (Å²) in [6.07, 6.45) is 1.77. The van der Waals surface area contributed by atoms with Gasteiger partial charge in [-0.05, 0) is 55.3 Å². The van der Waals surface area contributed by atoms with E-state index in [1.165, 1.54) is 18.9 Å². The molecule has 5 nitrogen and oxygen atoms in total. The molecular formula is C27H23NO4S2.